The second-order valence-corrected chi connectivity index (χ2v) is 10.2. The first kappa shape index (κ1) is 21.4. The zero-order valence-corrected chi connectivity index (χ0v) is 19.7. The number of nitrogens with one attached hydrogen (secondary N) is 2. The Labute approximate surface area is 202 Å². The van der Waals surface area contributed by atoms with Crippen molar-refractivity contribution in [2.24, 2.45) is 0 Å². The maximum atomic E-state index is 12.6. The van der Waals surface area contributed by atoms with Crippen LogP contribution in [0, 0.1) is 0 Å². The lowest BCUT2D eigenvalue weighted by Gasteiger charge is -2.05. The van der Waals surface area contributed by atoms with E-state index in [4.69, 9.17) is 0 Å². The van der Waals surface area contributed by atoms with Crippen LogP contribution in [0.2, 0.25) is 0 Å². The van der Waals surface area contributed by atoms with Crippen molar-refractivity contribution in [1.29, 1.82) is 0 Å². The van der Waals surface area contributed by atoms with E-state index in [2.05, 4.69) is 26.7 Å². The molecule has 0 aliphatic carbocycles. The van der Waals surface area contributed by atoms with Crippen molar-refractivity contribution in [2.75, 3.05) is 10.6 Å². The quantitative estimate of drug-likeness (QED) is 0.300. The highest BCUT2D eigenvalue weighted by molar-refractivity contribution is 7.21. The Bertz CT molecular complexity index is 1390. The number of nitrogens with zero attached hydrogens (tertiary/aromatic N) is 2. The number of hydrogen-bond acceptors (Lipinski definition) is 7. The molecule has 0 atom stereocenters. The molecular weight excluding hydrogens is 472 g/mol. The lowest BCUT2D eigenvalue weighted by atomic mass is 10.2. The summed E-state index contributed by atoms with van der Waals surface area (Å²) in [6, 6.07) is 19.5. The summed E-state index contributed by atoms with van der Waals surface area (Å²) >= 11 is 4.48. The molecule has 2 N–H and O–H groups in total. The maximum absolute atomic E-state index is 12.6. The minimum atomic E-state index is -0.168. The van der Waals surface area contributed by atoms with Crippen LogP contribution in [0.3, 0.4) is 0 Å². The molecule has 0 saturated heterocycles. The number of thiophene rings is 1. The van der Waals surface area contributed by atoms with Gasteiger partial charge in [-0.3, -0.25) is 9.59 Å². The topological polar surface area (TPSA) is 84.0 Å². The third-order valence-corrected chi connectivity index (χ3v) is 7.51. The van der Waals surface area contributed by atoms with Gasteiger partial charge in [-0.2, -0.15) is 0 Å². The number of thiazole rings is 2. The average Bonchev–Trinajstić information content (AvgIpc) is 3.55. The summed E-state index contributed by atoms with van der Waals surface area (Å²) in [4.78, 5) is 34.8. The van der Waals surface area contributed by atoms with Gasteiger partial charge >= 0.3 is 0 Å². The molecule has 33 heavy (non-hydrogen) atoms. The van der Waals surface area contributed by atoms with Crippen LogP contribution in [0.15, 0.2) is 71.4 Å². The molecule has 0 bridgehead atoms. The largest absolute Gasteiger partial charge is 0.326 e. The van der Waals surface area contributed by atoms with Crippen LogP contribution >= 0.6 is 34.0 Å². The lowest BCUT2D eigenvalue weighted by molar-refractivity contribution is -0.116. The number of aromatic nitrogens is 2. The number of rotatable bonds is 7. The number of hydrogen-bond donors (Lipinski definition) is 2. The molecule has 0 saturated carbocycles. The van der Waals surface area contributed by atoms with Crippen molar-refractivity contribution in [1.82, 2.24) is 9.97 Å². The van der Waals surface area contributed by atoms with Crippen LogP contribution in [-0.2, 0) is 22.4 Å². The Hall–Kier alpha value is -3.40. The molecule has 0 radical (unpaired) electrons. The van der Waals surface area contributed by atoms with Crippen molar-refractivity contribution in [2.45, 2.75) is 12.8 Å². The molecule has 0 aliphatic heterocycles. The number of anilines is 2. The third kappa shape index (κ3) is 5.33. The third-order valence-electron chi connectivity index (χ3n) is 4.74. The van der Waals surface area contributed by atoms with Crippen molar-refractivity contribution < 1.29 is 9.59 Å². The molecule has 2 aromatic carbocycles. The van der Waals surface area contributed by atoms with E-state index in [-0.39, 0.29) is 18.2 Å². The normalized spacial score (nSPS) is 10.9. The summed E-state index contributed by atoms with van der Waals surface area (Å²) < 4.78 is 1.13. The van der Waals surface area contributed by atoms with Crippen molar-refractivity contribution in [3.8, 4) is 10.6 Å². The Balaban J connectivity index is 1.20. The standard InChI is InChI=1S/C24H18N4O2S3/c29-21(12-17-14-32-24(26-17)28-22(30)13-18-7-4-10-31-18)25-16-6-3-5-15(11-16)23-27-19-8-1-2-9-20(19)33-23/h1-11,14H,12-13H2,(H,25,29)(H,26,28,30). The predicted molar refractivity (Wildman–Crippen MR) is 136 cm³/mol. The Morgan fingerprint density at radius 2 is 1.73 bits per heavy atom. The summed E-state index contributed by atoms with van der Waals surface area (Å²) in [6.45, 7) is 0. The Morgan fingerprint density at radius 3 is 2.58 bits per heavy atom. The Morgan fingerprint density at radius 1 is 0.848 bits per heavy atom. The van der Waals surface area contributed by atoms with Gasteiger partial charge in [0.25, 0.3) is 0 Å². The van der Waals surface area contributed by atoms with Gasteiger partial charge in [-0.25, -0.2) is 9.97 Å². The molecule has 0 fully saturated rings. The van der Waals surface area contributed by atoms with Crippen LogP contribution in [0.4, 0.5) is 10.8 Å². The highest BCUT2D eigenvalue weighted by Crippen LogP contribution is 2.31. The number of carbonyl (C=O) groups is 2. The summed E-state index contributed by atoms with van der Waals surface area (Å²) in [7, 11) is 0. The Kier molecular flexibility index (Phi) is 6.25. The van der Waals surface area contributed by atoms with E-state index in [9.17, 15) is 9.59 Å². The SMILES string of the molecule is O=C(Cc1csc(NC(=O)Cc2cccs2)n1)Nc1cccc(-c2nc3ccccc3s2)c1. The highest BCUT2D eigenvalue weighted by atomic mass is 32.1. The van der Waals surface area contributed by atoms with E-state index in [0.717, 1.165) is 25.7 Å². The van der Waals surface area contributed by atoms with E-state index >= 15 is 0 Å². The van der Waals surface area contributed by atoms with Crippen LogP contribution < -0.4 is 10.6 Å². The molecule has 3 heterocycles. The van der Waals surface area contributed by atoms with Crippen molar-refractivity contribution in [3.63, 3.8) is 0 Å². The van der Waals surface area contributed by atoms with E-state index < -0.39 is 0 Å². The number of carbonyl (C=O) groups excluding carboxylic acids is 2. The van der Waals surface area contributed by atoms with Crippen LogP contribution in [-0.4, -0.2) is 21.8 Å². The zero-order valence-electron chi connectivity index (χ0n) is 17.3. The summed E-state index contributed by atoms with van der Waals surface area (Å²) in [5.41, 5.74) is 3.25. The molecule has 0 aliphatic rings. The minimum absolute atomic E-state index is 0.116. The fourth-order valence-electron chi connectivity index (χ4n) is 3.28. The fraction of sp³-hybridized carbons (Fsp3) is 0.0833. The maximum Gasteiger partial charge on any atom is 0.231 e. The molecule has 0 unspecified atom stereocenters. The summed E-state index contributed by atoms with van der Waals surface area (Å²) in [6.07, 6.45) is 0.445. The molecule has 0 spiro atoms. The molecule has 164 valence electrons. The molecule has 5 aromatic rings. The second-order valence-electron chi connectivity index (χ2n) is 7.24. The lowest BCUT2D eigenvalue weighted by Crippen LogP contribution is -2.15. The summed E-state index contributed by atoms with van der Waals surface area (Å²) in [5, 5.41) is 10.9. The van der Waals surface area contributed by atoms with Gasteiger partial charge in [0.1, 0.15) is 5.01 Å². The van der Waals surface area contributed by atoms with Gasteiger partial charge in [0, 0.05) is 21.5 Å². The first-order chi connectivity index (χ1) is 16.1. The van der Waals surface area contributed by atoms with Gasteiger partial charge in [0.2, 0.25) is 11.8 Å². The van der Waals surface area contributed by atoms with Gasteiger partial charge < -0.3 is 10.6 Å². The van der Waals surface area contributed by atoms with Gasteiger partial charge in [0.15, 0.2) is 5.13 Å². The van der Waals surface area contributed by atoms with E-state index in [1.807, 2.05) is 60.0 Å². The first-order valence-electron chi connectivity index (χ1n) is 10.1. The van der Waals surface area contributed by atoms with Crippen molar-refractivity contribution in [3.05, 3.63) is 82.0 Å². The van der Waals surface area contributed by atoms with Crippen LogP contribution in [0.25, 0.3) is 20.8 Å². The summed E-state index contributed by atoms with van der Waals surface area (Å²) in [5.74, 6) is -0.285. The monoisotopic (exact) mass is 490 g/mol. The zero-order chi connectivity index (χ0) is 22.6. The van der Waals surface area contributed by atoms with E-state index in [0.29, 0.717) is 22.9 Å². The first-order valence-corrected chi connectivity index (χ1v) is 12.7. The number of benzene rings is 2. The highest BCUT2D eigenvalue weighted by Gasteiger charge is 2.12. The van der Waals surface area contributed by atoms with Gasteiger partial charge in [-0.05, 0) is 35.7 Å². The molecule has 9 heteroatoms. The molecule has 2 amide bonds. The predicted octanol–water partition coefficient (Wildman–Crippen LogP) is 5.84. The average molecular weight is 491 g/mol. The van der Waals surface area contributed by atoms with Gasteiger partial charge in [-0.1, -0.05) is 30.3 Å². The van der Waals surface area contributed by atoms with Crippen LogP contribution in [0.1, 0.15) is 10.6 Å². The smallest absolute Gasteiger partial charge is 0.231 e. The minimum Gasteiger partial charge on any atom is -0.326 e. The number of amides is 2. The molecule has 5 rings (SSSR count). The molecule has 6 nitrogen and oxygen atoms in total. The fourth-order valence-corrected chi connectivity index (χ4v) is 5.67. The van der Waals surface area contributed by atoms with Crippen molar-refractivity contribution >= 4 is 66.9 Å². The van der Waals surface area contributed by atoms with E-state index in [1.165, 1.54) is 11.3 Å². The number of para-hydroxylation sites is 1. The second kappa shape index (κ2) is 9.62. The number of fused-ring (bicyclic) bond motifs is 1. The van der Waals surface area contributed by atoms with Gasteiger partial charge in [0.05, 0.1) is 28.8 Å². The van der Waals surface area contributed by atoms with Gasteiger partial charge in [-0.15, -0.1) is 34.0 Å². The molecular formula is C24H18N4O2S3. The van der Waals surface area contributed by atoms with Crippen LogP contribution in [0.5, 0.6) is 0 Å². The molecule has 3 aromatic heterocycles. The van der Waals surface area contributed by atoms with E-state index in [1.54, 1.807) is 28.1 Å².